The molecule has 1 aliphatic carbocycles. The van der Waals surface area contributed by atoms with E-state index in [4.69, 9.17) is 0 Å². The fourth-order valence-electron chi connectivity index (χ4n) is 1.90. The molecule has 68 valence electrons. The zero-order valence-corrected chi connectivity index (χ0v) is 8.56. The van der Waals surface area contributed by atoms with Crippen LogP contribution in [0.5, 0.6) is 0 Å². The van der Waals surface area contributed by atoms with Gasteiger partial charge in [0.1, 0.15) is 0 Å². The van der Waals surface area contributed by atoms with Gasteiger partial charge in [-0.1, -0.05) is 51.0 Å². The van der Waals surface area contributed by atoms with Crippen LogP contribution in [0.2, 0.25) is 0 Å². The maximum absolute atomic E-state index is 4.10. The highest BCUT2D eigenvalue weighted by Crippen LogP contribution is 2.33. The second-order valence-corrected chi connectivity index (χ2v) is 4.10. The van der Waals surface area contributed by atoms with Crippen molar-refractivity contribution in [1.82, 2.24) is 0 Å². The monoisotopic (exact) mass is 164 g/mol. The molecule has 0 saturated carbocycles. The van der Waals surface area contributed by atoms with E-state index in [1.807, 2.05) is 0 Å². The Labute approximate surface area is 76.4 Å². The molecule has 1 aliphatic rings. The van der Waals surface area contributed by atoms with Crippen LogP contribution in [-0.4, -0.2) is 0 Å². The van der Waals surface area contributed by atoms with E-state index in [1.54, 1.807) is 5.57 Å². The fraction of sp³-hybridized carbons (Fsp3) is 0.667. The summed E-state index contributed by atoms with van der Waals surface area (Å²) in [6, 6.07) is 0. The summed E-state index contributed by atoms with van der Waals surface area (Å²) in [5, 5.41) is 0. The van der Waals surface area contributed by atoms with Gasteiger partial charge in [-0.3, -0.25) is 0 Å². The molecular formula is C12H20. The molecule has 0 bridgehead atoms. The van der Waals surface area contributed by atoms with E-state index in [9.17, 15) is 0 Å². The first-order chi connectivity index (χ1) is 5.65. The lowest BCUT2D eigenvalue weighted by Gasteiger charge is -2.27. The number of hydrogen-bond acceptors (Lipinski definition) is 0. The predicted molar refractivity (Wildman–Crippen MR) is 55.1 cm³/mol. The van der Waals surface area contributed by atoms with Crippen molar-refractivity contribution in [3.63, 3.8) is 0 Å². The Balaban J connectivity index is 2.67. The van der Waals surface area contributed by atoms with Gasteiger partial charge in [0.2, 0.25) is 0 Å². The van der Waals surface area contributed by atoms with Crippen molar-refractivity contribution in [2.45, 2.75) is 40.0 Å². The molecule has 0 radical (unpaired) electrons. The Bertz CT molecular complexity index is 198. The van der Waals surface area contributed by atoms with Crippen LogP contribution in [0.25, 0.3) is 0 Å². The third-order valence-electron chi connectivity index (χ3n) is 2.98. The minimum atomic E-state index is 0.686. The highest BCUT2D eigenvalue weighted by Gasteiger charge is 2.20. The zero-order chi connectivity index (χ0) is 9.14. The predicted octanol–water partition coefficient (Wildman–Crippen LogP) is 3.95. The van der Waals surface area contributed by atoms with Gasteiger partial charge in [-0.15, -0.1) is 0 Å². The number of hydrogen-bond donors (Lipinski definition) is 0. The van der Waals surface area contributed by atoms with Crippen LogP contribution in [0, 0.1) is 11.8 Å². The van der Waals surface area contributed by atoms with Gasteiger partial charge in [-0.25, -0.2) is 0 Å². The molecule has 0 fully saturated rings. The smallest absolute Gasteiger partial charge is 0.0167 e. The van der Waals surface area contributed by atoms with Crippen molar-refractivity contribution in [2.75, 3.05) is 0 Å². The Morgan fingerprint density at radius 2 is 2.17 bits per heavy atom. The van der Waals surface area contributed by atoms with E-state index in [0.717, 1.165) is 5.92 Å². The summed E-state index contributed by atoms with van der Waals surface area (Å²) < 4.78 is 0. The molecule has 0 nitrogen and oxygen atoms in total. The lowest BCUT2D eigenvalue weighted by atomic mass is 9.78. The summed E-state index contributed by atoms with van der Waals surface area (Å²) in [4.78, 5) is 0. The second-order valence-electron chi connectivity index (χ2n) is 4.10. The normalized spacial score (nSPS) is 30.2. The minimum absolute atomic E-state index is 0.686. The Morgan fingerprint density at radius 1 is 1.50 bits per heavy atom. The van der Waals surface area contributed by atoms with E-state index in [2.05, 4.69) is 33.4 Å². The number of rotatable bonds is 2. The summed E-state index contributed by atoms with van der Waals surface area (Å²) >= 11 is 0. The molecule has 0 aromatic rings. The van der Waals surface area contributed by atoms with Crippen molar-refractivity contribution >= 4 is 0 Å². The highest BCUT2D eigenvalue weighted by molar-refractivity contribution is 5.27. The van der Waals surface area contributed by atoms with Crippen molar-refractivity contribution < 1.29 is 0 Å². The first-order valence-electron chi connectivity index (χ1n) is 5.03. The molecule has 0 amide bonds. The van der Waals surface area contributed by atoms with Gasteiger partial charge < -0.3 is 0 Å². The van der Waals surface area contributed by atoms with E-state index >= 15 is 0 Å². The van der Waals surface area contributed by atoms with Crippen LogP contribution in [0.1, 0.15) is 40.0 Å². The molecular weight excluding hydrogens is 144 g/mol. The zero-order valence-electron chi connectivity index (χ0n) is 8.56. The molecule has 2 unspecified atom stereocenters. The Morgan fingerprint density at radius 3 is 2.67 bits per heavy atom. The Hall–Kier alpha value is -0.520. The SMILES string of the molecule is C=C1C=C(CCC)CC(C)C1C. The van der Waals surface area contributed by atoms with Crippen molar-refractivity contribution in [2.24, 2.45) is 11.8 Å². The molecule has 0 aliphatic heterocycles. The molecule has 0 heterocycles. The topological polar surface area (TPSA) is 0 Å². The average molecular weight is 164 g/mol. The summed E-state index contributed by atoms with van der Waals surface area (Å²) in [5.74, 6) is 1.48. The van der Waals surface area contributed by atoms with E-state index in [-0.39, 0.29) is 0 Å². The largest absolute Gasteiger partial charge is 0.0956 e. The fourth-order valence-corrected chi connectivity index (χ4v) is 1.90. The Kier molecular flexibility index (Phi) is 3.13. The summed E-state index contributed by atoms with van der Waals surface area (Å²) in [6.45, 7) is 11.0. The van der Waals surface area contributed by atoms with Gasteiger partial charge >= 0.3 is 0 Å². The lowest BCUT2D eigenvalue weighted by molar-refractivity contribution is 0.423. The summed E-state index contributed by atoms with van der Waals surface area (Å²) in [5.41, 5.74) is 2.94. The van der Waals surface area contributed by atoms with Gasteiger partial charge in [0.15, 0.2) is 0 Å². The number of allylic oxidation sites excluding steroid dienone is 3. The lowest BCUT2D eigenvalue weighted by Crippen LogP contribution is -2.15. The molecule has 0 aromatic heterocycles. The van der Waals surface area contributed by atoms with Gasteiger partial charge in [0.05, 0.1) is 0 Å². The van der Waals surface area contributed by atoms with E-state index in [0.29, 0.717) is 5.92 Å². The van der Waals surface area contributed by atoms with Crippen LogP contribution >= 0.6 is 0 Å². The second kappa shape index (κ2) is 3.93. The van der Waals surface area contributed by atoms with Gasteiger partial charge in [-0.2, -0.15) is 0 Å². The molecule has 12 heavy (non-hydrogen) atoms. The van der Waals surface area contributed by atoms with E-state index in [1.165, 1.54) is 24.8 Å². The quantitative estimate of drug-likeness (QED) is 0.580. The molecule has 0 N–H and O–H groups in total. The van der Waals surface area contributed by atoms with Crippen LogP contribution in [0.15, 0.2) is 23.8 Å². The van der Waals surface area contributed by atoms with Crippen molar-refractivity contribution in [3.8, 4) is 0 Å². The van der Waals surface area contributed by atoms with Crippen LogP contribution in [0.3, 0.4) is 0 Å². The van der Waals surface area contributed by atoms with Crippen molar-refractivity contribution in [1.29, 1.82) is 0 Å². The van der Waals surface area contributed by atoms with Gasteiger partial charge in [0.25, 0.3) is 0 Å². The molecule has 2 atom stereocenters. The third kappa shape index (κ3) is 2.00. The summed E-state index contributed by atoms with van der Waals surface area (Å²) in [6.07, 6.45) is 6.12. The minimum Gasteiger partial charge on any atom is -0.0956 e. The van der Waals surface area contributed by atoms with E-state index < -0.39 is 0 Å². The average Bonchev–Trinajstić information content (AvgIpc) is 2.01. The van der Waals surface area contributed by atoms with Crippen LogP contribution < -0.4 is 0 Å². The first kappa shape index (κ1) is 9.57. The molecule has 0 saturated heterocycles. The third-order valence-corrected chi connectivity index (χ3v) is 2.98. The molecule has 0 aromatic carbocycles. The maximum atomic E-state index is 4.10. The standard InChI is InChI=1S/C12H20/c1-5-6-12-7-9(2)11(4)10(3)8-12/h7,10-11H,2,5-6,8H2,1,3-4H3. The molecule has 0 heteroatoms. The van der Waals surface area contributed by atoms with Crippen LogP contribution in [0.4, 0.5) is 0 Å². The molecule has 0 spiro atoms. The molecule has 1 rings (SSSR count). The van der Waals surface area contributed by atoms with Gasteiger partial charge in [-0.05, 0) is 24.7 Å². The van der Waals surface area contributed by atoms with Gasteiger partial charge in [0, 0.05) is 0 Å². The highest BCUT2D eigenvalue weighted by atomic mass is 14.2. The maximum Gasteiger partial charge on any atom is -0.0167 e. The first-order valence-corrected chi connectivity index (χ1v) is 5.03. The summed E-state index contributed by atoms with van der Waals surface area (Å²) in [7, 11) is 0. The van der Waals surface area contributed by atoms with Crippen LogP contribution in [-0.2, 0) is 0 Å². The van der Waals surface area contributed by atoms with Crippen molar-refractivity contribution in [3.05, 3.63) is 23.8 Å².